The molecule has 7 heteroatoms. The molecule has 3 fully saturated rings. The van der Waals surface area contributed by atoms with Gasteiger partial charge in [0.05, 0.1) is 18.8 Å². The van der Waals surface area contributed by atoms with Gasteiger partial charge in [-0.3, -0.25) is 4.79 Å². The lowest BCUT2D eigenvalue weighted by Gasteiger charge is -2.57. The lowest BCUT2D eigenvalue weighted by molar-refractivity contribution is -0.230. The van der Waals surface area contributed by atoms with E-state index in [-0.39, 0.29) is 18.6 Å². The highest BCUT2D eigenvalue weighted by atomic mass is 35.5. The van der Waals surface area contributed by atoms with E-state index in [1.165, 1.54) is 5.57 Å². The Balaban J connectivity index is 1.80. The van der Waals surface area contributed by atoms with E-state index in [1.807, 2.05) is 19.9 Å². The second-order valence-electron chi connectivity index (χ2n) is 7.76. The fraction of sp³-hybridized carbons (Fsp3) is 0.824. The van der Waals surface area contributed by atoms with Gasteiger partial charge >= 0.3 is 5.97 Å². The normalized spacial score (nSPS) is 52.0. The summed E-state index contributed by atoms with van der Waals surface area (Å²) < 4.78 is 17.4. The van der Waals surface area contributed by atoms with Crippen LogP contribution in [0.25, 0.3) is 0 Å². The summed E-state index contributed by atoms with van der Waals surface area (Å²) in [6.07, 6.45) is 0.607. The van der Waals surface area contributed by atoms with E-state index in [1.54, 1.807) is 0 Å². The topological polar surface area (TPSA) is 88.5 Å². The third-order valence-corrected chi connectivity index (χ3v) is 7.11. The number of carbonyl (C=O) groups is 1. The summed E-state index contributed by atoms with van der Waals surface area (Å²) in [5.41, 5.74) is -0.942. The van der Waals surface area contributed by atoms with E-state index in [0.29, 0.717) is 13.0 Å². The molecule has 0 aromatic rings. The zero-order chi connectivity index (χ0) is 17.3. The van der Waals surface area contributed by atoms with Crippen LogP contribution in [0.1, 0.15) is 26.7 Å². The number of aliphatic hydroxyl groups excluding tert-OH is 2. The average Bonchev–Trinajstić information content (AvgIpc) is 3.35. The fourth-order valence-electron chi connectivity index (χ4n) is 5.28. The van der Waals surface area contributed by atoms with E-state index < -0.39 is 40.7 Å². The number of halogens is 1. The van der Waals surface area contributed by atoms with Gasteiger partial charge < -0.3 is 24.4 Å². The molecule has 24 heavy (non-hydrogen) atoms. The second-order valence-corrected chi connectivity index (χ2v) is 8.02. The molecule has 4 rings (SSSR count). The fourth-order valence-corrected chi connectivity index (χ4v) is 5.35. The maximum absolute atomic E-state index is 11.7. The molecule has 1 spiro atoms. The van der Waals surface area contributed by atoms with E-state index in [9.17, 15) is 15.0 Å². The Labute approximate surface area is 145 Å². The number of aliphatic hydroxyl groups is 2. The first kappa shape index (κ1) is 16.8. The van der Waals surface area contributed by atoms with Crippen molar-refractivity contribution in [1.29, 1.82) is 0 Å². The summed E-state index contributed by atoms with van der Waals surface area (Å²) in [5.74, 6) is -0.719. The number of fused-ring (bicyclic) bond motifs is 2. The van der Waals surface area contributed by atoms with Gasteiger partial charge in [0.25, 0.3) is 0 Å². The molecule has 2 aliphatic heterocycles. The van der Waals surface area contributed by atoms with E-state index in [0.717, 1.165) is 6.42 Å². The standard InChI is InChI=1S/C17H23ClO6/c1-9-3-4-16(7-22-11(19)6-18)10(5-9)24-14-12(20)13(21)15(16,2)17(14)8-23-17/h5,10,12-14,20-21H,3-4,6-8H2,1-2H3/t10-,12-,13-,14-,15-,16-,17+/m1/s1. The molecule has 2 bridgehead atoms. The number of hydrogen-bond acceptors (Lipinski definition) is 6. The number of rotatable bonds is 3. The third-order valence-electron chi connectivity index (χ3n) is 6.89. The number of esters is 1. The molecule has 0 aromatic carbocycles. The van der Waals surface area contributed by atoms with E-state index in [4.69, 9.17) is 25.8 Å². The van der Waals surface area contributed by atoms with Crippen molar-refractivity contribution < 1.29 is 29.2 Å². The second kappa shape index (κ2) is 5.17. The minimum atomic E-state index is -1.02. The third kappa shape index (κ3) is 1.78. The number of epoxide rings is 1. The molecule has 4 aliphatic rings. The Kier molecular flexibility index (Phi) is 3.62. The predicted octanol–water partition coefficient (Wildman–Crippen LogP) is 0.773. The SMILES string of the molecule is CC1=C[C@H]2O[C@@H]3[C@H](O)[C@@H](O)[C@](C)([C@@]2(COC(=O)CCl)CC1)[C@]31CO1. The summed E-state index contributed by atoms with van der Waals surface area (Å²) in [5, 5.41) is 21.5. The van der Waals surface area contributed by atoms with Crippen LogP contribution in [-0.2, 0) is 19.0 Å². The molecular formula is C17H23ClO6. The first-order valence-corrected chi connectivity index (χ1v) is 8.90. The van der Waals surface area contributed by atoms with Crippen molar-refractivity contribution in [2.24, 2.45) is 10.8 Å². The largest absolute Gasteiger partial charge is 0.464 e. The summed E-state index contributed by atoms with van der Waals surface area (Å²) >= 11 is 5.57. The van der Waals surface area contributed by atoms with Crippen LogP contribution in [0.5, 0.6) is 0 Å². The van der Waals surface area contributed by atoms with Crippen molar-refractivity contribution in [1.82, 2.24) is 0 Å². The molecule has 134 valence electrons. The van der Waals surface area contributed by atoms with Gasteiger partial charge in [0.1, 0.15) is 30.3 Å². The predicted molar refractivity (Wildman–Crippen MR) is 84.6 cm³/mol. The highest BCUT2D eigenvalue weighted by Gasteiger charge is 2.84. The molecule has 2 aliphatic carbocycles. The van der Waals surface area contributed by atoms with Crippen LogP contribution in [0.3, 0.4) is 0 Å². The van der Waals surface area contributed by atoms with Crippen LogP contribution in [0.4, 0.5) is 0 Å². The average molecular weight is 359 g/mol. The van der Waals surface area contributed by atoms with Crippen molar-refractivity contribution in [3.63, 3.8) is 0 Å². The molecule has 0 amide bonds. The van der Waals surface area contributed by atoms with Crippen LogP contribution >= 0.6 is 11.6 Å². The molecule has 1 saturated carbocycles. The van der Waals surface area contributed by atoms with Crippen LogP contribution in [0.15, 0.2) is 11.6 Å². The summed E-state index contributed by atoms with van der Waals surface area (Å²) in [7, 11) is 0. The summed E-state index contributed by atoms with van der Waals surface area (Å²) in [4.78, 5) is 11.7. The highest BCUT2D eigenvalue weighted by Crippen LogP contribution is 2.71. The van der Waals surface area contributed by atoms with Crippen LogP contribution in [0, 0.1) is 10.8 Å². The number of carbonyl (C=O) groups excluding carboxylic acids is 1. The van der Waals surface area contributed by atoms with Crippen LogP contribution in [0.2, 0.25) is 0 Å². The lowest BCUT2D eigenvalue weighted by Crippen LogP contribution is -2.66. The zero-order valence-electron chi connectivity index (χ0n) is 13.8. The molecule has 0 unspecified atom stereocenters. The van der Waals surface area contributed by atoms with Crippen molar-refractivity contribution >= 4 is 17.6 Å². The molecule has 6 nitrogen and oxygen atoms in total. The van der Waals surface area contributed by atoms with E-state index >= 15 is 0 Å². The number of allylic oxidation sites excluding steroid dienone is 1. The Hall–Kier alpha value is -0.660. The minimum Gasteiger partial charge on any atom is -0.464 e. The first-order valence-electron chi connectivity index (χ1n) is 8.37. The quantitative estimate of drug-likeness (QED) is 0.335. The molecule has 0 radical (unpaired) electrons. The maximum Gasteiger partial charge on any atom is 0.320 e. The number of hydrogen-bond donors (Lipinski definition) is 2. The van der Waals surface area contributed by atoms with Gasteiger partial charge in [0.15, 0.2) is 0 Å². The van der Waals surface area contributed by atoms with Gasteiger partial charge in [-0.05, 0) is 19.8 Å². The highest BCUT2D eigenvalue weighted by molar-refractivity contribution is 6.26. The Morgan fingerprint density at radius 3 is 2.83 bits per heavy atom. The zero-order valence-corrected chi connectivity index (χ0v) is 14.6. The van der Waals surface area contributed by atoms with Crippen molar-refractivity contribution in [3.8, 4) is 0 Å². The van der Waals surface area contributed by atoms with Gasteiger partial charge in [-0.1, -0.05) is 18.6 Å². The van der Waals surface area contributed by atoms with Gasteiger partial charge in [-0.25, -0.2) is 0 Å². The van der Waals surface area contributed by atoms with Crippen molar-refractivity contribution in [3.05, 3.63) is 11.6 Å². The van der Waals surface area contributed by atoms with Crippen molar-refractivity contribution in [2.45, 2.75) is 56.7 Å². The van der Waals surface area contributed by atoms with Gasteiger partial charge in [0.2, 0.25) is 0 Å². The Morgan fingerprint density at radius 2 is 2.21 bits per heavy atom. The summed E-state index contributed by atoms with van der Waals surface area (Å²) in [6, 6.07) is 0. The molecular weight excluding hydrogens is 336 g/mol. The van der Waals surface area contributed by atoms with E-state index in [2.05, 4.69) is 0 Å². The molecule has 0 aromatic heterocycles. The van der Waals surface area contributed by atoms with Crippen LogP contribution < -0.4 is 0 Å². The minimum absolute atomic E-state index is 0.0884. The smallest absolute Gasteiger partial charge is 0.320 e. The molecule has 2 saturated heterocycles. The van der Waals surface area contributed by atoms with Gasteiger partial charge in [-0.2, -0.15) is 0 Å². The van der Waals surface area contributed by atoms with Gasteiger partial charge in [-0.15, -0.1) is 11.6 Å². The monoisotopic (exact) mass is 358 g/mol. The molecule has 2 heterocycles. The molecule has 7 atom stereocenters. The Bertz CT molecular complexity index is 602. The first-order chi connectivity index (χ1) is 11.3. The number of ether oxygens (including phenoxy) is 3. The van der Waals surface area contributed by atoms with Crippen molar-refractivity contribution in [2.75, 3.05) is 19.1 Å². The Morgan fingerprint density at radius 1 is 1.50 bits per heavy atom. The lowest BCUT2D eigenvalue weighted by atomic mass is 9.51. The van der Waals surface area contributed by atoms with Gasteiger partial charge in [0, 0.05) is 10.8 Å². The van der Waals surface area contributed by atoms with Crippen LogP contribution in [-0.4, -0.2) is 65.3 Å². The molecule has 2 N–H and O–H groups in total. The summed E-state index contributed by atoms with van der Waals surface area (Å²) in [6.45, 7) is 4.49. The maximum atomic E-state index is 11.7. The number of alkyl halides is 1.